The molecule has 1 aliphatic rings. The number of thiazole rings is 1. The summed E-state index contributed by atoms with van der Waals surface area (Å²) in [5.74, 6) is 0.790. The highest BCUT2D eigenvalue weighted by Crippen LogP contribution is 2.25. The lowest BCUT2D eigenvalue weighted by Gasteiger charge is -2.40. The second-order valence-electron chi connectivity index (χ2n) is 7.13. The van der Waals surface area contributed by atoms with Gasteiger partial charge in [0, 0.05) is 38.1 Å². The maximum absolute atomic E-state index is 12.5. The number of hydrogen-bond donors (Lipinski definition) is 1. The van der Waals surface area contributed by atoms with Crippen molar-refractivity contribution in [1.82, 2.24) is 29.5 Å². The molecule has 1 saturated heterocycles. The molecule has 0 bridgehead atoms. The van der Waals surface area contributed by atoms with Crippen LogP contribution in [-0.2, 0) is 4.79 Å². The van der Waals surface area contributed by atoms with E-state index in [1.165, 1.54) is 11.3 Å². The second-order valence-corrected chi connectivity index (χ2v) is 8.16. The average Bonchev–Trinajstić information content (AvgIpc) is 3.34. The van der Waals surface area contributed by atoms with Gasteiger partial charge in [-0.3, -0.25) is 14.1 Å². The number of nitrogens with zero attached hydrogens (tertiary/aromatic N) is 7. The minimum absolute atomic E-state index is 0.0395. The van der Waals surface area contributed by atoms with E-state index in [1.54, 1.807) is 12.5 Å². The molecule has 1 fully saturated rings. The molecule has 29 heavy (non-hydrogen) atoms. The molecule has 1 aromatic carbocycles. The summed E-state index contributed by atoms with van der Waals surface area (Å²) in [4.78, 5) is 25.9. The number of hydrogen-bond acceptors (Lipinski definition) is 8. The van der Waals surface area contributed by atoms with Crippen molar-refractivity contribution in [2.45, 2.75) is 13.0 Å². The maximum Gasteiger partial charge on any atom is 0.240 e. The number of benzene rings is 1. The zero-order valence-corrected chi connectivity index (χ0v) is 16.7. The zero-order valence-electron chi connectivity index (χ0n) is 15.9. The fourth-order valence-electron chi connectivity index (χ4n) is 3.73. The fraction of sp³-hybridized carbons (Fsp3) is 0.316. The standard InChI is InChI=1S/C19H20N8OS/c1-13-10-25(8-9-27(13)17-18-24-21-12-26(18)7-6-20-17)11-16(28)23-19-22-14-4-2-3-5-15(14)29-19/h2-7,12-13H,8-11H2,1H3,(H,22,23,28). The third-order valence-corrected chi connectivity index (χ3v) is 6.04. The Balaban J connectivity index is 1.22. The summed E-state index contributed by atoms with van der Waals surface area (Å²) in [6, 6.07) is 8.08. The van der Waals surface area contributed by atoms with Crippen molar-refractivity contribution in [2.75, 3.05) is 36.4 Å². The summed E-state index contributed by atoms with van der Waals surface area (Å²) in [5.41, 5.74) is 1.66. The number of aromatic nitrogens is 5. The highest BCUT2D eigenvalue weighted by Gasteiger charge is 2.27. The zero-order chi connectivity index (χ0) is 19.8. The number of carbonyl (C=O) groups is 1. The Bertz CT molecular complexity index is 1140. The molecule has 0 saturated carbocycles. The lowest BCUT2D eigenvalue weighted by molar-refractivity contribution is -0.117. The molecular formula is C19H20N8OS. The smallest absolute Gasteiger partial charge is 0.240 e. The van der Waals surface area contributed by atoms with Gasteiger partial charge in [-0.15, -0.1) is 10.2 Å². The van der Waals surface area contributed by atoms with Crippen LogP contribution >= 0.6 is 11.3 Å². The molecule has 4 heterocycles. The second kappa shape index (κ2) is 7.37. The van der Waals surface area contributed by atoms with Crippen molar-refractivity contribution < 1.29 is 4.79 Å². The first-order valence-electron chi connectivity index (χ1n) is 9.46. The summed E-state index contributed by atoms with van der Waals surface area (Å²) >= 11 is 1.49. The van der Waals surface area contributed by atoms with E-state index in [1.807, 2.05) is 34.9 Å². The molecule has 3 aromatic heterocycles. The number of carbonyl (C=O) groups excluding carboxylic acids is 1. The topological polar surface area (TPSA) is 91.6 Å². The van der Waals surface area contributed by atoms with Crippen molar-refractivity contribution in [3.8, 4) is 0 Å². The molecule has 1 unspecified atom stereocenters. The summed E-state index contributed by atoms with van der Waals surface area (Å²) < 4.78 is 2.94. The van der Waals surface area contributed by atoms with Gasteiger partial charge >= 0.3 is 0 Å². The first kappa shape index (κ1) is 18.0. The van der Waals surface area contributed by atoms with Crippen LogP contribution in [0.5, 0.6) is 0 Å². The van der Waals surface area contributed by atoms with E-state index in [0.29, 0.717) is 11.7 Å². The molecular weight excluding hydrogens is 388 g/mol. The van der Waals surface area contributed by atoms with Crippen molar-refractivity contribution >= 4 is 44.1 Å². The molecule has 1 aliphatic heterocycles. The molecule has 0 aliphatic carbocycles. The summed E-state index contributed by atoms with van der Waals surface area (Å²) in [6.07, 6.45) is 5.27. The van der Waals surface area contributed by atoms with Gasteiger partial charge in [-0.25, -0.2) is 9.97 Å². The Morgan fingerprint density at radius 1 is 1.31 bits per heavy atom. The van der Waals surface area contributed by atoms with E-state index in [9.17, 15) is 4.79 Å². The normalized spacial score (nSPS) is 17.8. The van der Waals surface area contributed by atoms with Gasteiger partial charge in [-0.05, 0) is 19.1 Å². The summed E-state index contributed by atoms with van der Waals surface area (Å²) in [7, 11) is 0. The third kappa shape index (κ3) is 3.52. The number of para-hydroxylation sites is 1. The van der Waals surface area contributed by atoms with Crippen molar-refractivity contribution in [3.63, 3.8) is 0 Å². The van der Waals surface area contributed by atoms with Gasteiger partial charge in [0.2, 0.25) is 11.6 Å². The predicted molar refractivity (Wildman–Crippen MR) is 112 cm³/mol. The molecule has 1 atom stereocenters. The molecule has 10 heteroatoms. The molecule has 5 rings (SSSR count). The van der Waals surface area contributed by atoms with Gasteiger partial charge in [0.25, 0.3) is 0 Å². The number of piperazine rings is 1. The van der Waals surface area contributed by atoms with Crippen molar-refractivity contribution in [1.29, 1.82) is 0 Å². The van der Waals surface area contributed by atoms with E-state index >= 15 is 0 Å². The molecule has 4 aromatic rings. The number of anilines is 2. The van der Waals surface area contributed by atoms with Gasteiger partial charge in [0.1, 0.15) is 6.33 Å². The Hall–Kier alpha value is -3.11. The monoisotopic (exact) mass is 408 g/mol. The largest absolute Gasteiger partial charge is 0.348 e. The molecule has 0 radical (unpaired) electrons. The van der Waals surface area contributed by atoms with Gasteiger partial charge < -0.3 is 10.2 Å². The molecule has 0 spiro atoms. The van der Waals surface area contributed by atoms with Crippen molar-refractivity contribution in [3.05, 3.63) is 43.0 Å². The molecule has 9 nitrogen and oxygen atoms in total. The maximum atomic E-state index is 12.5. The highest BCUT2D eigenvalue weighted by molar-refractivity contribution is 7.22. The van der Waals surface area contributed by atoms with Gasteiger partial charge in [-0.1, -0.05) is 23.5 Å². The molecule has 1 amide bonds. The SMILES string of the molecule is CC1CN(CC(=O)Nc2nc3ccccc3s2)CCN1c1nccn2cnnc12. The van der Waals surface area contributed by atoms with E-state index in [-0.39, 0.29) is 11.9 Å². The first-order valence-corrected chi connectivity index (χ1v) is 10.3. The fourth-order valence-corrected chi connectivity index (χ4v) is 4.61. The Morgan fingerprint density at radius 3 is 3.07 bits per heavy atom. The predicted octanol–water partition coefficient (Wildman–Crippen LogP) is 1.88. The van der Waals surface area contributed by atoms with E-state index in [4.69, 9.17) is 0 Å². The molecule has 1 N–H and O–H groups in total. The number of fused-ring (bicyclic) bond motifs is 2. The lowest BCUT2D eigenvalue weighted by Crippen LogP contribution is -2.53. The number of amides is 1. The van der Waals surface area contributed by atoms with Crippen LogP contribution in [0, 0.1) is 0 Å². The Morgan fingerprint density at radius 2 is 2.21 bits per heavy atom. The van der Waals surface area contributed by atoms with Crippen molar-refractivity contribution in [2.24, 2.45) is 0 Å². The first-order chi connectivity index (χ1) is 14.2. The Labute approximate surface area is 171 Å². The Kier molecular flexibility index (Phi) is 4.57. The average molecular weight is 408 g/mol. The van der Waals surface area contributed by atoms with Crippen LogP contribution in [0.1, 0.15) is 6.92 Å². The van der Waals surface area contributed by atoms with Crippen LogP contribution < -0.4 is 10.2 Å². The van der Waals surface area contributed by atoms with Crippen LogP contribution in [0.3, 0.4) is 0 Å². The summed E-state index contributed by atoms with van der Waals surface area (Å²) in [6.45, 7) is 4.80. The van der Waals surface area contributed by atoms with Gasteiger partial charge in [-0.2, -0.15) is 0 Å². The summed E-state index contributed by atoms with van der Waals surface area (Å²) in [5, 5.41) is 11.7. The van der Waals surface area contributed by atoms with E-state index < -0.39 is 0 Å². The van der Waals surface area contributed by atoms with E-state index in [2.05, 4.69) is 42.2 Å². The van der Waals surface area contributed by atoms with Gasteiger partial charge in [0.15, 0.2) is 10.9 Å². The number of rotatable bonds is 4. The minimum Gasteiger partial charge on any atom is -0.348 e. The lowest BCUT2D eigenvalue weighted by atomic mass is 10.2. The quantitative estimate of drug-likeness (QED) is 0.551. The minimum atomic E-state index is -0.0395. The highest BCUT2D eigenvalue weighted by atomic mass is 32.1. The van der Waals surface area contributed by atoms with E-state index in [0.717, 1.165) is 41.3 Å². The van der Waals surface area contributed by atoms with Crippen LogP contribution in [0.25, 0.3) is 15.9 Å². The third-order valence-electron chi connectivity index (χ3n) is 5.09. The van der Waals surface area contributed by atoms with Crippen LogP contribution in [-0.4, -0.2) is 67.6 Å². The number of nitrogens with one attached hydrogen (secondary N) is 1. The van der Waals surface area contributed by atoms with Gasteiger partial charge in [0.05, 0.1) is 16.8 Å². The van der Waals surface area contributed by atoms with Crippen LogP contribution in [0.15, 0.2) is 43.0 Å². The van der Waals surface area contributed by atoms with Crippen LogP contribution in [0.4, 0.5) is 10.9 Å². The van der Waals surface area contributed by atoms with Crippen LogP contribution in [0.2, 0.25) is 0 Å². The molecule has 148 valence electrons.